The first-order valence-corrected chi connectivity index (χ1v) is 16.1. The highest BCUT2D eigenvalue weighted by atomic mass is 14.3. The molecule has 4 saturated carbocycles. The maximum Gasteiger partial charge on any atom is -0.0156 e. The van der Waals surface area contributed by atoms with E-state index in [1.54, 1.807) is 16.7 Å². The summed E-state index contributed by atoms with van der Waals surface area (Å²) in [4.78, 5) is 0. The summed E-state index contributed by atoms with van der Waals surface area (Å²) in [6.45, 7) is 0. The van der Waals surface area contributed by atoms with E-state index in [2.05, 4.69) is 48.5 Å². The number of hydrogen-bond donors (Lipinski definition) is 0. The van der Waals surface area contributed by atoms with Crippen molar-refractivity contribution in [3.8, 4) is 0 Å². The average Bonchev–Trinajstić information content (AvgIpc) is 2.99. The molecule has 0 saturated heterocycles. The topological polar surface area (TPSA) is 0 Å². The van der Waals surface area contributed by atoms with E-state index in [9.17, 15) is 0 Å². The van der Waals surface area contributed by atoms with Crippen molar-refractivity contribution in [2.45, 2.75) is 152 Å². The molecule has 0 aliphatic heterocycles. The third-order valence-corrected chi connectivity index (χ3v) is 10.2. The van der Waals surface area contributed by atoms with Gasteiger partial charge in [-0.3, -0.25) is 0 Å². The second-order valence-electron chi connectivity index (χ2n) is 12.6. The van der Waals surface area contributed by atoms with Gasteiger partial charge in [-0.25, -0.2) is 0 Å². The summed E-state index contributed by atoms with van der Waals surface area (Å²) < 4.78 is 0. The predicted octanol–water partition coefficient (Wildman–Crippen LogP) is 11.6. The van der Waals surface area contributed by atoms with E-state index >= 15 is 0 Å². The van der Waals surface area contributed by atoms with E-state index in [1.807, 2.05) is 5.56 Å². The lowest BCUT2D eigenvalue weighted by Crippen LogP contribution is -2.17. The summed E-state index contributed by atoms with van der Waals surface area (Å²) >= 11 is 0. The molecule has 0 aromatic heterocycles. The van der Waals surface area contributed by atoms with Gasteiger partial charge < -0.3 is 0 Å². The Morgan fingerprint density at radius 2 is 0.722 bits per heavy atom. The highest BCUT2D eigenvalue weighted by molar-refractivity contribution is 5.43. The van der Waals surface area contributed by atoms with E-state index in [4.69, 9.17) is 0 Å². The monoisotopic (exact) mass is 484 g/mol. The average molecular weight is 485 g/mol. The second-order valence-corrected chi connectivity index (χ2v) is 12.6. The van der Waals surface area contributed by atoms with Crippen molar-refractivity contribution in [2.75, 3.05) is 0 Å². The van der Waals surface area contributed by atoms with Crippen molar-refractivity contribution in [3.63, 3.8) is 0 Å². The van der Waals surface area contributed by atoms with Crippen LogP contribution in [0.1, 0.15) is 174 Å². The Morgan fingerprint density at radius 3 is 1.17 bits per heavy atom. The lowest BCUT2D eigenvalue weighted by atomic mass is 9.71. The fourth-order valence-corrected chi connectivity index (χ4v) is 8.16. The predicted molar refractivity (Wildman–Crippen MR) is 156 cm³/mol. The van der Waals surface area contributed by atoms with E-state index in [0.717, 1.165) is 23.7 Å². The Hall–Kier alpha value is -1.56. The normalized spacial score (nSPS) is 23.1. The minimum absolute atomic E-state index is 0.861. The van der Waals surface area contributed by atoms with E-state index in [1.165, 1.54) is 128 Å². The first-order chi connectivity index (χ1) is 17.9. The van der Waals surface area contributed by atoms with Gasteiger partial charge in [-0.05, 0) is 97.3 Å². The molecule has 2 aromatic carbocycles. The molecule has 0 heterocycles. The summed E-state index contributed by atoms with van der Waals surface area (Å²) in [5, 5.41) is 0. The molecule has 4 fully saturated rings. The Kier molecular flexibility index (Phi) is 10.0. The summed E-state index contributed by atoms with van der Waals surface area (Å²) in [5.74, 6) is 3.49. The van der Waals surface area contributed by atoms with Crippen LogP contribution in [0.25, 0.3) is 0 Å². The quantitative estimate of drug-likeness (QED) is 0.405. The van der Waals surface area contributed by atoms with Crippen LogP contribution >= 0.6 is 0 Å². The van der Waals surface area contributed by atoms with Crippen molar-refractivity contribution in [1.82, 2.24) is 0 Å². The van der Waals surface area contributed by atoms with E-state index in [-0.39, 0.29) is 0 Å². The molecule has 4 aliphatic carbocycles. The minimum Gasteiger partial charge on any atom is -0.0622 e. The Bertz CT molecular complexity index is 835. The van der Waals surface area contributed by atoms with Crippen molar-refractivity contribution in [2.24, 2.45) is 0 Å². The molecule has 196 valence electrons. The van der Waals surface area contributed by atoms with E-state index < -0.39 is 0 Å². The van der Waals surface area contributed by atoms with Gasteiger partial charge in [0.05, 0.1) is 0 Å². The Morgan fingerprint density at radius 1 is 0.333 bits per heavy atom. The molecule has 4 aliphatic rings. The van der Waals surface area contributed by atoms with Gasteiger partial charge in [-0.15, -0.1) is 0 Å². The molecule has 2 aromatic rings. The van der Waals surface area contributed by atoms with Crippen molar-refractivity contribution >= 4 is 0 Å². The molecule has 0 atom stereocenters. The highest BCUT2D eigenvalue weighted by Gasteiger charge is 2.29. The van der Waals surface area contributed by atoms with Crippen LogP contribution in [0.15, 0.2) is 48.5 Å². The Labute approximate surface area is 222 Å². The summed E-state index contributed by atoms with van der Waals surface area (Å²) in [6.07, 6.45) is 29.0. The van der Waals surface area contributed by atoms with E-state index in [0.29, 0.717) is 0 Å². The maximum atomic E-state index is 2.53. The zero-order chi connectivity index (χ0) is 24.4. The third-order valence-electron chi connectivity index (χ3n) is 10.2. The molecular formula is C36H52. The van der Waals surface area contributed by atoms with Gasteiger partial charge in [-0.1, -0.05) is 126 Å². The zero-order valence-corrected chi connectivity index (χ0v) is 23.1. The molecule has 0 spiro atoms. The number of hydrogen-bond acceptors (Lipinski definition) is 0. The highest BCUT2D eigenvalue weighted by Crippen LogP contribution is 2.46. The molecule has 0 nitrogen and oxygen atoms in total. The standard InChI is InChI=1S/C24H36.C12H16/c1-4-11-19(12-5-1)22-17-10-18-23(20-13-6-2-7-14-20)24(22)21-15-8-3-9-16-21;1-3-7-11(8-4-1)12-9-5-2-6-10-12/h10,17-21H,1-9,11-16H2;1,3-4,7-8,12H,2,5-6,9-10H2. The second kappa shape index (κ2) is 13.8. The lowest BCUT2D eigenvalue weighted by Gasteiger charge is -2.34. The molecular weight excluding hydrogens is 432 g/mol. The smallest absolute Gasteiger partial charge is 0.0156 e. The Balaban J connectivity index is 0.000000186. The maximum absolute atomic E-state index is 2.53. The molecule has 0 heteroatoms. The fourth-order valence-electron chi connectivity index (χ4n) is 8.16. The first kappa shape index (κ1) is 26.1. The molecule has 0 amide bonds. The largest absolute Gasteiger partial charge is 0.0622 e. The lowest BCUT2D eigenvalue weighted by molar-refractivity contribution is 0.404. The van der Waals surface area contributed by atoms with Gasteiger partial charge in [0.1, 0.15) is 0 Å². The summed E-state index contributed by atoms with van der Waals surface area (Å²) in [6, 6.07) is 18.4. The number of rotatable bonds is 4. The van der Waals surface area contributed by atoms with Crippen molar-refractivity contribution < 1.29 is 0 Å². The molecule has 6 rings (SSSR count). The zero-order valence-electron chi connectivity index (χ0n) is 23.1. The molecule has 0 bridgehead atoms. The van der Waals surface area contributed by atoms with Gasteiger partial charge in [0, 0.05) is 0 Å². The number of benzene rings is 2. The fraction of sp³-hybridized carbons (Fsp3) is 0.667. The van der Waals surface area contributed by atoms with Crippen LogP contribution in [0.4, 0.5) is 0 Å². The van der Waals surface area contributed by atoms with Crippen LogP contribution in [0.3, 0.4) is 0 Å². The molecule has 0 radical (unpaired) electrons. The summed E-state index contributed by atoms with van der Waals surface area (Å²) in [7, 11) is 0. The van der Waals surface area contributed by atoms with Crippen LogP contribution in [0.5, 0.6) is 0 Å². The van der Waals surface area contributed by atoms with Crippen molar-refractivity contribution in [1.29, 1.82) is 0 Å². The van der Waals surface area contributed by atoms with Crippen LogP contribution in [-0.2, 0) is 0 Å². The van der Waals surface area contributed by atoms with Gasteiger partial charge in [0.15, 0.2) is 0 Å². The third kappa shape index (κ3) is 6.85. The van der Waals surface area contributed by atoms with Crippen molar-refractivity contribution in [3.05, 3.63) is 70.8 Å². The minimum atomic E-state index is 0.861. The molecule has 0 N–H and O–H groups in total. The van der Waals surface area contributed by atoms with Crippen LogP contribution in [-0.4, -0.2) is 0 Å². The van der Waals surface area contributed by atoms with Crippen LogP contribution < -0.4 is 0 Å². The molecule has 36 heavy (non-hydrogen) atoms. The summed E-state index contributed by atoms with van der Waals surface area (Å²) in [5.41, 5.74) is 7.02. The van der Waals surface area contributed by atoms with Gasteiger partial charge >= 0.3 is 0 Å². The first-order valence-electron chi connectivity index (χ1n) is 16.1. The SMILES string of the molecule is c1cc(C2CCCCC2)c(C2CCCCC2)c(C2CCCCC2)c1.c1ccc(C2CCCCC2)cc1. The van der Waals surface area contributed by atoms with Gasteiger partial charge in [-0.2, -0.15) is 0 Å². The van der Waals surface area contributed by atoms with Gasteiger partial charge in [0.2, 0.25) is 0 Å². The molecule has 0 unspecified atom stereocenters. The van der Waals surface area contributed by atoms with Gasteiger partial charge in [0.25, 0.3) is 0 Å². The van der Waals surface area contributed by atoms with Crippen LogP contribution in [0, 0.1) is 0 Å². The van der Waals surface area contributed by atoms with Crippen LogP contribution in [0.2, 0.25) is 0 Å².